The lowest BCUT2D eigenvalue weighted by molar-refractivity contribution is -0.385. The van der Waals surface area contributed by atoms with Crippen LogP contribution in [0.4, 0.5) is 22.9 Å². The molecule has 14 nitrogen and oxygen atoms in total. The zero-order valence-corrected chi connectivity index (χ0v) is 21.3. The van der Waals surface area contributed by atoms with Crippen molar-refractivity contribution in [2.75, 3.05) is 0 Å². The number of benzene rings is 2. The zero-order valence-electron chi connectivity index (χ0n) is 21.3. The predicted molar refractivity (Wildman–Crippen MR) is 143 cm³/mol. The van der Waals surface area contributed by atoms with Crippen LogP contribution in [0.15, 0.2) is 58.8 Å². The van der Waals surface area contributed by atoms with Gasteiger partial charge >= 0.3 is 0 Å². The smallest absolute Gasteiger partial charge is 0.269 e. The van der Waals surface area contributed by atoms with Gasteiger partial charge in [0, 0.05) is 49.5 Å². The first-order valence-corrected chi connectivity index (χ1v) is 11.6. The fourth-order valence-electron chi connectivity index (χ4n) is 3.70. The molecule has 40 heavy (non-hydrogen) atoms. The van der Waals surface area contributed by atoms with E-state index in [1.807, 2.05) is 6.92 Å². The van der Waals surface area contributed by atoms with Crippen LogP contribution in [0.2, 0.25) is 0 Å². The summed E-state index contributed by atoms with van der Waals surface area (Å²) in [7, 11) is 3.49. The van der Waals surface area contributed by atoms with Gasteiger partial charge in [0.15, 0.2) is 11.4 Å². The number of aryl methyl sites for hydroxylation is 2. The van der Waals surface area contributed by atoms with Crippen LogP contribution < -0.4 is 0 Å². The third-order valence-corrected chi connectivity index (χ3v) is 5.89. The number of nitro benzene ring substituents is 2. The minimum absolute atomic E-state index is 0.0151. The number of non-ortho nitro benzene ring substituents is 2. The van der Waals surface area contributed by atoms with Crippen molar-refractivity contribution in [1.82, 2.24) is 29.8 Å². The van der Waals surface area contributed by atoms with E-state index in [2.05, 4.69) is 54.3 Å². The lowest BCUT2D eigenvalue weighted by Gasteiger charge is -1.93. The Morgan fingerprint density at radius 3 is 1.85 bits per heavy atom. The molecule has 0 aliphatic carbocycles. The summed E-state index contributed by atoms with van der Waals surface area (Å²) >= 11 is 0. The van der Waals surface area contributed by atoms with Gasteiger partial charge in [-0.15, -0.1) is 10.2 Å². The standard InChI is InChI=1S/C26H18N10O4/c1-16-23(21(31-33(16)2)14-8-17-4-10-19(11-5-17)35(37)38)27-29-26-25-24(28-30-26)22(32-34(25)3)15-9-18-6-12-20(13-7-18)36(39)40/h4-7,10-13H,1-3H3,(H,28,30). The maximum absolute atomic E-state index is 10.9. The Morgan fingerprint density at radius 2 is 1.30 bits per heavy atom. The molecule has 0 saturated heterocycles. The van der Waals surface area contributed by atoms with Crippen LogP contribution in [0, 0.1) is 50.8 Å². The predicted octanol–water partition coefficient (Wildman–Crippen LogP) is 4.37. The molecule has 1 N–H and O–H groups in total. The number of nitro groups is 2. The van der Waals surface area contributed by atoms with Crippen molar-refractivity contribution in [3.8, 4) is 23.7 Å². The Kier molecular flexibility index (Phi) is 6.57. The number of hydrogen-bond donors (Lipinski definition) is 1. The Bertz CT molecular complexity index is 1940. The summed E-state index contributed by atoms with van der Waals surface area (Å²) in [6, 6.07) is 11.8. The molecule has 0 bridgehead atoms. The first-order chi connectivity index (χ1) is 19.2. The number of aromatic nitrogens is 6. The van der Waals surface area contributed by atoms with E-state index in [-0.39, 0.29) is 17.2 Å². The van der Waals surface area contributed by atoms with Crippen molar-refractivity contribution in [1.29, 1.82) is 0 Å². The minimum atomic E-state index is -0.472. The van der Waals surface area contributed by atoms with E-state index in [0.29, 0.717) is 39.2 Å². The highest BCUT2D eigenvalue weighted by Gasteiger charge is 2.16. The summed E-state index contributed by atoms with van der Waals surface area (Å²) in [5.74, 6) is 12.1. The monoisotopic (exact) mass is 534 g/mol. The van der Waals surface area contributed by atoms with Crippen LogP contribution in [0.3, 0.4) is 0 Å². The molecule has 0 fully saturated rings. The molecule has 0 spiro atoms. The number of rotatable bonds is 4. The number of azo groups is 1. The van der Waals surface area contributed by atoms with E-state index in [1.165, 1.54) is 24.3 Å². The Hall–Kier alpha value is -6.15. The highest BCUT2D eigenvalue weighted by Crippen LogP contribution is 2.29. The molecule has 2 aromatic carbocycles. The van der Waals surface area contributed by atoms with Gasteiger partial charge in [-0.05, 0) is 43.0 Å². The number of nitrogens with zero attached hydrogens (tertiary/aromatic N) is 9. The molecule has 0 atom stereocenters. The molecule has 0 unspecified atom stereocenters. The fraction of sp³-hybridized carbons (Fsp3) is 0.115. The van der Waals surface area contributed by atoms with E-state index in [1.54, 1.807) is 47.7 Å². The van der Waals surface area contributed by atoms with Crippen molar-refractivity contribution >= 4 is 33.9 Å². The third-order valence-electron chi connectivity index (χ3n) is 5.89. The van der Waals surface area contributed by atoms with Gasteiger partial charge in [0.2, 0.25) is 5.82 Å². The summed E-state index contributed by atoms with van der Waals surface area (Å²) in [6.07, 6.45) is 0. The molecular weight excluding hydrogens is 516 g/mol. The lowest BCUT2D eigenvalue weighted by atomic mass is 10.2. The summed E-state index contributed by atoms with van der Waals surface area (Å²) in [5.41, 5.74) is 4.28. The van der Waals surface area contributed by atoms with Crippen molar-refractivity contribution in [2.24, 2.45) is 24.3 Å². The number of aromatic amines is 1. The molecule has 0 aliphatic heterocycles. The Balaban J connectivity index is 1.43. The maximum atomic E-state index is 10.9. The zero-order chi connectivity index (χ0) is 28.4. The van der Waals surface area contributed by atoms with Gasteiger partial charge in [0.1, 0.15) is 16.7 Å². The first-order valence-electron chi connectivity index (χ1n) is 11.6. The average molecular weight is 534 g/mol. The molecule has 0 aliphatic rings. The molecule has 5 rings (SSSR count). The van der Waals surface area contributed by atoms with Gasteiger partial charge in [-0.3, -0.25) is 34.7 Å². The molecule has 0 saturated carbocycles. The van der Waals surface area contributed by atoms with Crippen molar-refractivity contribution < 1.29 is 9.85 Å². The van der Waals surface area contributed by atoms with Crippen LogP contribution in [-0.2, 0) is 14.1 Å². The molecule has 0 amide bonds. The van der Waals surface area contributed by atoms with Gasteiger partial charge in [-0.2, -0.15) is 15.3 Å². The second kappa shape index (κ2) is 10.3. The van der Waals surface area contributed by atoms with Crippen LogP contribution in [0.25, 0.3) is 11.0 Å². The van der Waals surface area contributed by atoms with E-state index < -0.39 is 9.85 Å². The third kappa shape index (κ3) is 5.00. The van der Waals surface area contributed by atoms with E-state index in [4.69, 9.17) is 0 Å². The number of fused-ring (bicyclic) bond motifs is 1. The van der Waals surface area contributed by atoms with Crippen molar-refractivity contribution in [3.05, 3.63) is 97.0 Å². The van der Waals surface area contributed by atoms with E-state index in [9.17, 15) is 20.2 Å². The maximum Gasteiger partial charge on any atom is 0.269 e. The first kappa shape index (κ1) is 25.5. The molecule has 3 heterocycles. The average Bonchev–Trinajstić information content (AvgIpc) is 3.59. The molecular formula is C26H18N10O4. The molecule has 5 aromatic rings. The lowest BCUT2D eigenvalue weighted by Crippen LogP contribution is -1.92. The summed E-state index contributed by atoms with van der Waals surface area (Å²) in [6.45, 7) is 1.83. The van der Waals surface area contributed by atoms with Crippen LogP contribution in [0.1, 0.15) is 28.2 Å². The molecule has 0 radical (unpaired) electrons. The highest BCUT2D eigenvalue weighted by atomic mass is 16.6. The Morgan fingerprint density at radius 1 is 0.775 bits per heavy atom. The van der Waals surface area contributed by atoms with E-state index in [0.717, 1.165) is 5.69 Å². The second-order valence-electron chi connectivity index (χ2n) is 8.46. The van der Waals surface area contributed by atoms with Gasteiger partial charge in [0.05, 0.1) is 15.5 Å². The molecule has 196 valence electrons. The number of nitrogens with one attached hydrogen (secondary N) is 1. The minimum Gasteiger partial charge on any atom is -0.271 e. The quantitative estimate of drug-likeness (QED) is 0.154. The van der Waals surface area contributed by atoms with Crippen LogP contribution in [-0.4, -0.2) is 39.6 Å². The fourth-order valence-corrected chi connectivity index (χ4v) is 3.70. The second-order valence-corrected chi connectivity index (χ2v) is 8.46. The largest absolute Gasteiger partial charge is 0.271 e. The molecule has 3 aromatic heterocycles. The van der Waals surface area contributed by atoms with Crippen LogP contribution in [0.5, 0.6) is 0 Å². The topological polar surface area (TPSA) is 175 Å². The van der Waals surface area contributed by atoms with E-state index >= 15 is 0 Å². The van der Waals surface area contributed by atoms with Crippen LogP contribution >= 0.6 is 0 Å². The molecule has 14 heteroatoms. The van der Waals surface area contributed by atoms with Crippen molar-refractivity contribution in [2.45, 2.75) is 6.92 Å². The normalized spacial score (nSPS) is 10.8. The summed E-state index contributed by atoms with van der Waals surface area (Å²) < 4.78 is 3.21. The van der Waals surface area contributed by atoms with Gasteiger partial charge < -0.3 is 0 Å². The Labute approximate surface area is 225 Å². The summed E-state index contributed by atoms with van der Waals surface area (Å²) in [4.78, 5) is 20.8. The van der Waals surface area contributed by atoms with Gasteiger partial charge in [0.25, 0.3) is 11.4 Å². The summed E-state index contributed by atoms with van der Waals surface area (Å²) in [5, 5.41) is 46.4. The van der Waals surface area contributed by atoms with Crippen molar-refractivity contribution in [3.63, 3.8) is 0 Å². The number of hydrogen-bond acceptors (Lipinski definition) is 9. The number of H-pyrrole nitrogens is 1. The van der Waals surface area contributed by atoms with Gasteiger partial charge in [-0.25, -0.2) is 0 Å². The van der Waals surface area contributed by atoms with Gasteiger partial charge in [-0.1, -0.05) is 11.8 Å². The highest BCUT2D eigenvalue weighted by molar-refractivity contribution is 5.88. The SMILES string of the molecule is Cc1c(N=Nc2n[nH]c3c(C#Cc4ccc([N+](=O)[O-])cc4)nn(C)c23)c(C#Cc2ccc([N+](=O)[O-])cc2)nn1C.